The highest BCUT2D eigenvalue weighted by Gasteiger charge is 2.18. The molecule has 0 radical (unpaired) electrons. The Bertz CT molecular complexity index is 804. The Labute approximate surface area is 186 Å². The van der Waals surface area contributed by atoms with Crippen molar-refractivity contribution >= 4 is 40.4 Å². The van der Waals surface area contributed by atoms with Crippen molar-refractivity contribution in [3.05, 3.63) is 53.8 Å². The summed E-state index contributed by atoms with van der Waals surface area (Å²) < 4.78 is 23.8. The second-order valence-electron chi connectivity index (χ2n) is 6.69. The van der Waals surface area contributed by atoms with Gasteiger partial charge in [0.05, 0.1) is 12.2 Å². The van der Waals surface area contributed by atoms with Crippen molar-refractivity contribution in [3.8, 4) is 5.75 Å². The number of hydrogen-bond donors (Lipinski definition) is 2. The van der Waals surface area contributed by atoms with E-state index < -0.39 is 12.1 Å². The summed E-state index contributed by atoms with van der Waals surface area (Å²) in [5, 5.41) is 12.4. The van der Waals surface area contributed by atoms with Gasteiger partial charge in [-0.15, -0.1) is 0 Å². The van der Waals surface area contributed by atoms with Crippen molar-refractivity contribution in [2.45, 2.75) is 18.9 Å². The zero-order chi connectivity index (χ0) is 19.9. The number of nitrogens with one attached hydrogen (secondary N) is 1. The number of methoxy groups -OCH3 is 1. The predicted molar refractivity (Wildman–Crippen MR) is 114 cm³/mol. The minimum atomic E-state index is -0.961. The summed E-state index contributed by atoms with van der Waals surface area (Å²) in [7, 11) is 1.40. The van der Waals surface area contributed by atoms with Crippen molar-refractivity contribution in [2.75, 3.05) is 43.6 Å². The summed E-state index contributed by atoms with van der Waals surface area (Å²) in [6.07, 6.45) is 0.427. The molecule has 1 unspecified atom stereocenters. The summed E-state index contributed by atoms with van der Waals surface area (Å²) in [6, 6.07) is 12.3. The van der Waals surface area contributed by atoms with E-state index in [1.54, 1.807) is 6.07 Å². The highest BCUT2D eigenvalue weighted by Crippen LogP contribution is 2.32. The number of ether oxygens (including phenoxy) is 2. The highest BCUT2D eigenvalue weighted by atomic mass is 24.3. The van der Waals surface area contributed by atoms with Gasteiger partial charge >= 0.3 is 29.0 Å². The molecule has 29 heavy (non-hydrogen) atoms. The molecular formula is C21H27FMgN2O4. The molecule has 0 aromatic heterocycles. The van der Waals surface area contributed by atoms with Crippen molar-refractivity contribution in [1.82, 2.24) is 0 Å². The fourth-order valence-corrected chi connectivity index (χ4v) is 3.23. The van der Waals surface area contributed by atoms with E-state index in [9.17, 15) is 9.18 Å². The van der Waals surface area contributed by atoms with Gasteiger partial charge in [0.2, 0.25) is 0 Å². The van der Waals surface area contributed by atoms with Crippen LogP contribution in [-0.2, 0) is 16.0 Å². The summed E-state index contributed by atoms with van der Waals surface area (Å²) in [6.45, 7) is 2.99. The van der Waals surface area contributed by atoms with Gasteiger partial charge in [0, 0.05) is 38.4 Å². The smallest absolute Gasteiger partial charge is 0.333 e. The maximum Gasteiger partial charge on any atom is 0.333 e. The highest BCUT2D eigenvalue weighted by molar-refractivity contribution is 5.75. The number of nitrogens with zero attached hydrogens (tertiary/aromatic N) is 1. The van der Waals surface area contributed by atoms with Gasteiger partial charge in [-0.2, -0.15) is 0 Å². The van der Waals surface area contributed by atoms with Crippen molar-refractivity contribution in [1.29, 1.82) is 0 Å². The largest absolute Gasteiger partial charge is 0.489 e. The van der Waals surface area contributed by atoms with Crippen LogP contribution in [0.4, 0.5) is 15.8 Å². The van der Waals surface area contributed by atoms with E-state index in [4.69, 9.17) is 14.6 Å². The number of fused-ring (bicyclic) bond motifs is 1. The number of anilines is 2. The van der Waals surface area contributed by atoms with Gasteiger partial charge < -0.3 is 24.8 Å². The first kappa shape index (κ1) is 23.2. The van der Waals surface area contributed by atoms with E-state index in [1.807, 2.05) is 24.3 Å². The number of carbonyl (C=O) groups is 1. The fourth-order valence-electron chi connectivity index (χ4n) is 3.23. The number of carboxylic acids is 1. The molecule has 2 aromatic rings. The van der Waals surface area contributed by atoms with Crippen LogP contribution in [-0.4, -0.2) is 73.6 Å². The topological polar surface area (TPSA) is 71.0 Å². The van der Waals surface area contributed by atoms with Crippen LogP contribution in [0, 0.1) is 5.82 Å². The fraction of sp³-hybridized carbons (Fsp3) is 0.381. The van der Waals surface area contributed by atoms with E-state index in [2.05, 4.69) is 10.2 Å². The average molecular weight is 415 g/mol. The number of aliphatic carboxylic acids is 1. The monoisotopic (exact) mass is 414 g/mol. The molecule has 1 atom stereocenters. The molecule has 2 aromatic carbocycles. The van der Waals surface area contributed by atoms with Gasteiger partial charge in [-0.25, -0.2) is 9.18 Å². The van der Waals surface area contributed by atoms with E-state index in [1.165, 1.54) is 19.2 Å². The molecule has 154 valence electrons. The second-order valence-corrected chi connectivity index (χ2v) is 6.69. The molecule has 1 aliphatic rings. The van der Waals surface area contributed by atoms with Gasteiger partial charge in [0.1, 0.15) is 18.2 Å². The summed E-state index contributed by atoms with van der Waals surface area (Å²) in [5.41, 5.74) is 2.83. The lowest BCUT2D eigenvalue weighted by atomic mass is 10.1. The first-order chi connectivity index (χ1) is 13.6. The molecule has 3 rings (SSSR count). The van der Waals surface area contributed by atoms with Gasteiger partial charge in [-0.1, -0.05) is 12.1 Å². The Kier molecular flexibility index (Phi) is 9.00. The number of benzene rings is 2. The Morgan fingerprint density at radius 2 is 2.07 bits per heavy atom. The lowest BCUT2D eigenvalue weighted by Crippen LogP contribution is -2.34. The number of hydrogen-bond acceptors (Lipinski definition) is 5. The summed E-state index contributed by atoms with van der Waals surface area (Å²) in [4.78, 5) is 13.2. The molecule has 0 saturated carbocycles. The second kappa shape index (κ2) is 11.2. The molecule has 8 heteroatoms. The Hall–Kier alpha value is -2.03. The molecule has 1 aliphatic heterocycles. The molecule has 0 bridgehead atoms. The molecule has 2 N–H and O–H groups in total. The lowest BCUT2D eigenvalue weighted by Gasteiger charge is -2.31. The van der Waals surface area contributed by atoms with Crippen LogP contribution >= 0.6 is 0 Å². The molecule has 0 aliphatic carbocycles. The maximum atomic E-state index is 13.3. The SMILES string of the molecule is COC(Cc1ccc(NCCCN2CCOc3cc(F)ccc32)cc1)C(=O)O.[MgH2]. The number of rotatable bonds is 9. The average Bonchev–Trinajstić information content (AvgIpc) is 2.70. The third-order valence-corrected chi connectivity index (χ3v) is 4.75. The molecule has 6 nitrogen and oxygen atoms in total. The van der Waals surface area contributed by atoms with Crippen LogP contribution in [0.1, 0.15) is 12.0 Å². The predicted octanol–water partition coefficient (Wildman–Crippen LogP) is 2.25. The quantitative estimate of drug-likeness (QED) is 0.484. The van der Waals surface area contributed by atoms with Crippen LogP contribution in [0.15, 0.2) is 42.5 Å². The standard InChI is InChI=1S/C21H25FN2O4.Mg.2H/c1-27-20(21(25)26)13-15-3-6-17(7-4-15)23-9-2-10-24-11-12-28-19-14-16(22)5-8-18(19)24;;;/h3-8,14,20,23H,2,9-13H2,1H3,(H,25,26);;;. The van der Waals surface area contributed by atoms with Gasteiger partial charge in [-0.05, 0) is 36.2 Å². The molecular weight excluding hydrogens is 388 g/mol. The normalized spacial score (nSPS) is 13.7. The molecule has 0 saturated heterocycles. The van der Waals surface area contributed by atoms with Gasteiger partial charge in [0.25, 0.3) is 0 Å². The zero-order valence-electron chi connectivity index (χ0n) is 15.9. The van der Waals surface area contributed by atoms with Crippen molar-refractivity contribution in [3.63, 3.8) is 0 Å². The zero-order valence-corrected chi connectivity index (χ0v) is 15.9. The van der Waals surface area contributed by atoms with E-state index >= 15 is 0 Å². The number of halogens is 1. The third kappa shape index (κ3) is 6.48. The van der Waals surface area contributed by atoms with E-state index in [0.717, 1.165) is 43.0 Å². The van der Waals surface area contributed by atoms with Crippen LogP contribution in [0.25, 0.3) is 0 Å². The molecule has 0 spiro atoms. The lowest BCUT2D eigenvalue weighted by molar-refractivity contribution is -0.148. The van der Waals surface area contributed by atoms with Gasteiger partial charge in [-0.3, -0.25) is 0 Å². The Balaban J connectivity index is 0.00000300. The van der Waals surface area contributed by atoms with Crippen molar-refractivity contribution < 1.29 is 23.8 Å². The van der Waals surface area contributed by atoms with Crippen LogP contribution < -0.4 is 15.0 Å². The van der Waals surface area contributed by atoms with E-state index in [0.29, 0.717) is 18.8 Å². The first-order valence-electron chi connectivity index (χ1n) is 9.32. The molecule has 1 heterocycles. The Morgan fingerprint density at radius 1 is 1.31 bits per heavy atom. The molecule has 0 amide bonds. The van der Waals surface area contributed by atoms with Gasteiger partial charge in [0.15, 0.2) is 6.10 Å². The Morgan fingerprint density at radius 3 is 2.76 bits per heavy atom. The minimum Gasteiger partial charge on any atom is -0.489 e. The van der Waals surface area contributed by atoms with E-state index in [-0.39, 0.29) is 28.9 Å². The summed E-state index contributed by atoms with van der Waals surface area (Å²) >= 11 is 0. The number of carboxylic acid groups (broad SMARTS) is 1. The van der Waals surface area contributed by atoms with Crippen LogP contribution in [0.3, 0.4) is 0 Å². The molecule has 0 fully saturated rings. The maximum absolute atomic E-state index is 13.3. The minimum absolute atomic E-state index is 0. The van der Waals surface area contributed by atoms with Crippen LogP contribution in [0.5, 0.6) is 5.75 Å². The third-order valence-electron chi connectivity index (χ3n) is 4.75. The van der Waals surface area contributed by atoms with Crippen LogP contribution in [0.2, 0.25) is 0 Å². The summed E-state index contributed by atoms with van der Waals surface area (Å²) in [5.74, 6) is -0.645. The first-order valence-corrected chi connectivity index (χ1v) is 9.32. The van der Waals surface area contributed by atoms with Crippen molar-refractivity contribution in [2.24, 2.45) is 0 Å².